The number of benzene rings is 1. The molecule has 6 heteroatoms. The van der Waals surface area contributed by atoms with Gasteiger partial charge >= 0.3 is 0 Å². The van der Waals surface area contributed by atoms with Gasteiger partial charge in [-0.25, -0.2) is 9.37 Å². The molecule has 1 aromatic carbocycles. The highest BCUT2D eigenvalue weighted by molar-refractivity contribution is 7.13. The molecule has 0 saturated carbocycles. The van der Waals surface area contributed by atoms with Crippen LogP contribution in [0.3, 0.4) is 0 Å². The Morgan fingerprint density at radius 1 is 1.43 bits per heavy atom. The molecule has 1 atom stereocenters. The molecule has 0 radical (unpaired) electrons. The number of hydrogen-bond donors (Lipinski definition) is 1. The fourth-order valence-electron chi connectivity index (χ4n) is 2.84. The van der Waals surface area contributed by atoms with Crippen LogP contribution in [0, 0.1) is 11.2 Å². The van der Waals surface area contributed by atoms with Gasteiger partial charge in [0.15, 0.2) is 0 Å². The van der Waals surface area contributed by atoms with E-state index in [1.54, 1.807) is 28.5 Å². The summed E-state index contributed by atoms with van der Waals surface area (Å²) < 4.78 is 13.8. The Kier molecular flexibility index (Phi) is 4.21. The maximum Gasteiger partial charge on any atom is 0.273 e. The third kappa shape index (κ3) is 3.14. The summed E-state index contributed by atoms with van der Waals surface area (Å²) >= 11 is 1.29. The number of rotatable bonds is 2. The van der Waals surface area contributed by atoms with E-state index in [2.05, 4.69) is 18.8 Å². The molecule has 1 aliphatic heterocycles. The van der Waals surface area contributed by atoms with Crippen molar-refractivity contribution in [2.75, 3.05) is 13.1 Å². The lowest BCUT2D eigenvalue weighted by molar-refractivity contribution is 0.0528. The van der Waals surface area contributed by atoms with Gasteiger partial charge in [-0.05, 0) is 24.0 Å². The van der Waals surface area contributed by atoms with Gasteiger partial charge in [0.25, 0.3) is 5.91 Å². The second-order valence-corrected chi connectivity index (χ2v) is 7.49. The van der Waals surface area contributed by atoms with Crippen molar-refractivity contribution in [3.05, 3.63) is 41.2 Å². The van der Waals surface area contributed by atoms with E-state index in [4.69, 9.17) is 5.73 Å². The van der Waals surface area contributed by atoms with E-state index in [-0.39, 0.29) is 23.2 Å². The molecule has 2 N–H and O–H groups in total. The fourth-order valence-corrected chi connectivity index (χ4v) is 3.66. The highest BCUT2D eigenvalue weighted by atomic mass is 32.1. The molecule has 1 saturated heterocycles. The van der Waals surface area contributed by atoms with Crippen LogP contribution in [0.25, 0.3) is 10.6 Å². The standard InChI is InChI=1S/C17H20FN3OS/c1-17(2)10-21(8-7-14(17)19)16(22)13-9-23-15(20-13)11-5-3-4-6-12(11)18/h3-6,9,14H,7-8,10,19H2,1-2H3. The monoisotopic (exact) mass is 333 g/mol. The number of likely N-dealkylation sites (tertiary alicyclic amines) is 1. The van der Waals surface area contributed by atoms with Crippen LogP contribution < -0.4 is 5.73 Å². The molecule has 1 aromatic heterocycles. The molecule has 23 heavy (non-hydrogen) atoms. The molecule has 2 aromatic rings. The first kappa shape index (κ1) is 16.1. The van der Waals surface area contributed by atoms with Gasteiger partial charge in [0, 0.05) is 30.1 Å². The number of thiazole rings is 1. The maximum atomic E-state index is 13.8. The lowest BCUT2D eigenvalue weighted by atomic mass is 9.79. The van der Waals surface area contributed by atoms with Crippen LogP contribution in [0.4, 0.5) is 4.39 Å². The molecule has 3 rings (SSSR count). The molecule has 122 valence electrons. The van der Waals surface area contributed by atoms with E-state index in [0.29, 0.717) is 29.4 Å². The van der Waals surface area contributed by atoms with Gasteiger partial charge in [-0.2, -0.15) is 0 Å². The molecule has 4 nitrogen and oxygen atoms in total. The summed E-state index contributed by atoms with van der Waals surface area (Å²) in [6.45, 7) is 5.39. The van der Waals surface area contributed by atoms with Crippen LogP contribution in [0.2, 0.25) is 0 Å². The van der Waals surface area contributed by atoms with E-state index in [1.165, 1.54) is 17.4 Å². The summed E-state index contributed by atoms with van der Waals surface area (Å²) in [4.78, 5) is 18.8. The predicted octanol–water partition coefficient (Wildman–Crippen LogP) is 3.15. The molecule has 1 unspecified atom stereocenters. The van der Waals surface area contributed by atoms with Crippen LogP contribution in [0.5, 0.6) is 0 Å². The molecule has 0 aliphatic carbocycles. The second kappa shape index (κ2) is 6.02. The van der Waals surface area contributed by atoms with Crippen molar-refractivity contribution in [2.24, 2.45) is 11.1 Å². The average molecular weight is 333 g/mol. The van der Waals surface area contributed by atoms with Crippen LogP contribution in [0.15, 0.2) is 29.6 Å². The van der Waals surface area contributed by atoms with Gasteiger partial charge in [-0.1, -0.05) is 26.0 Å². The minimum absolute atomic E-state index is 0.0935. The first-order valence-electron chi connectivity index (χ1n) is 7.64. The van der Waals surface area contributed by atoms with Crippen LogP contribution in [-0.4, -0.2) is 34.9 Å². The number of piperidine rings is 1. The number of carbonyl (C=O) groups excluding carboxylic acids is 1. The van der Waals surface area contributed by atoms with Crippen molar-refractivity contribution in [2.45, 2.75) is 26.3 Å². The van der Waals surface area contributed by atoms with Crippen LogP contribution in [-0.2, 0) is 0 Å². The lowest BCUT2D eigenvalue weighted by Gasteiger charge is -2.42. The topological polar surface area (TPSA) is 59.2 Å². The molecule has 0 bridgehead atoms. The highest BCUT2D eigenvalue weighted by Crippen LogP contribution is 2.30. The first-order valence-corrected chi connectivity index (χ1v) is 8.52. The average Bonchev–Trinajstić information content (AvgIpc) is 2.99. The minimum atomic E-state index is -0.328. The van der Waals surface area contributed by atoms with E-state index in [0.717, 1.165) is 6.42 Å². The number of nitrogens with two attached hydrogens (primary N) is 1. The van der Waals surface area contributed by atoms with Crippen molar-refractivity contribution < 1.29 is 9.18 Å². The number of hydrogen-bond acceptors (Lipinski definition) is 4. The quantitative estimate of drug-likeness (QED) is 0.918. The summed E-state index contributed by atoms with van der Waals surface area (Å²) in [5, 5.41) is 2.23. The van der Waals surface area contributed by atoms with E-state index in [1.807, 2.05) is 0 Å². The smallest absolute Gasteiger partial charge is 0.273 e. The van der Waals surface area contributed by atoms with Gasteiger partial charge in [0.2, 0.25) is 0 Å². The van der Waals surface area contributed by atoms with Crippen molar-refractivity contribution >= 4 is 17.2 Å². The Morgan fingerprint density at radius 3 is 2.87 bits per heavy atom. The normalized spacial score (nSPS) is 20.5. The number of aromatic nitrogens is 1. The molecule has 0 spiro atoms. The predicted molar refractivity (Wildman–Crippen MR) is 89.8 cm³/mol. The zero-order valence-electron chi connectivity index (χ0n) is 13.3. The van der Waals surface area contributed by atoms with Crippen LogP contribution in [0.1, 0.15) is 30.8 Å². The van der Waals surface area contributed by atoms with Crippen molar-refractivity contribution in [1.29, 1.82) is 0 Å². The van der Waals surface area contributed by atoms with Crippen molar-refractivity contribution in [1.82, 2.24) is 9.88 Å². The zero-order chi connectivity index (χ0) is 16.6. The van der Waals surface area contributed by atoms with Crippen molar-refractivity contribution in [3.63, 3.8) is 0 Å². The molecular formula is C17H20FN3OS. The lowest BCUT2D eigenvalue weighted by Crippen LogP contribution is -2.54. The van der Waals surface area contributed by atoms with E-state index >= 15 is 0 Å². The minimum Gasteiger partial charge on any atom is -0.337 e. The first-order chi connectivity index (χ1) is 10.9. The number of carbonyl (C=O) groups is 1. The molecule has 1 fully saturated rings. The summed E-state index contributed by atoms with van der Waals surface area (Å²) in [5.74, 6) is -0.435. The third-order valence-electron chi connectivity index (χ3n) is 4.43. The SMILES string of the molecule is CC1(C)CN(C(=O)c2csc(-c3ccccc3F)n2)CCC1N. The largest absolute Gasteiger partial charge is 0.337 e. The Morgan fingerprint density at radius 2 is 2.17 bits per heavy atom. The van der Waals surface area contributed by atoms with E-state index < -0.39 is 0 Å². The maximum absolute atomic E-state index is 13.8. The van der Waals surface area contributed by atoms with Gasteiger partial charge in [-0.15, -0.1) is 11.3 Å². The van der Waals surface area contributed by atoms with Gasteiger partial charge in [0.1, 0.15) is 16.5 Å². The number of halogens is 1. The molecular weight excluding hydrogens is 313 g/mol. The van der Waals surface area contributed by atoms with Crippen LogP contribution >= 0.6 is 11.3 Å². The summed E-state index contributed by atoms with van der Waals surface area (Å²) in [5.41, 5.74) is 6.81. The van der Waals surface area contributed by atoms with Gasteiger partial charge < -0.3 is 10.6 Å². The highest BCUT2D eigenvalue weighted by Gasteiger charge is 2.36. The summed E-state index contributed by atoms with van der Waals surface area (Å²) in [7, 11) is 0. The Bertz CT molecular complexity index is 728. The Hall–Kier alpha value is -1.79. The summed E-state index contributed by atoms with van der Waals surface area (Å²) in [6.07, 6.45) is 0.781. The third-order valence-corrected chi connectivity index (χ3v) is 5.30. The number of amides is 1. The van der Waals surface area contributed by atoms with Gasteiger partial charge in [-0.3, -0.25) is 4.79 Å². The number of nitrogens with zero attached hydrogens (tertiary/aromatic N) is 2. The molecule has 1 aliphatic rings. The zero-order valence-corrected chi connectivity index (χ0v) is 14.1. The Balaban J connectivity index is 1.81. The van der Waals surface area contributed by atoms with Gasteiger partial charge in [0.05, 0.1) is 0 Å². The second-order valence-electron chi connectivity index (χ2n) is 6.63. The molecule has 2 heterocycles. The van der Waals surface area contributed by atoms with E-state index in [9.17, 15) is 9.18 Å². The summed E-state index contributed by atoms with van der Waals surface area (Å²) in [6, 6.07) is 6.56. The molecule has 1 amide bonds. The fraction of sp³-hybridized carbons (Fsp3) is 0.412. The Labute approximate surface area is 139 Å². The van der Waals surface area contributed by atoms with Crippen molar-refractivity contribution in [3.8, 4) is 10.6 Å².